The number of aromatic nitrogens is 1. The van der Waals surface area contributed by atoms with Gasteiger partial charge >= 0.3 is 6.03 Å². The topological polar surface area (TPSA) is 92.4 Å². The van der Waals surface area contributed by atoms with Crippen LogP contribution in [0, 0.1) is 5.82 Å². The smallest absolute Gasteiger partial charge is 0.319 e. The molecular weight excluding hydrogens is 455 g/mol. The van der Waals surface area contributed by atoms with E-state index in [-0.39, 0.29) is 17.5 Å². The molecule has 154 valence electrons. The maximum absolute atomic E-state index is 13.3. The summed E-state index contributed by atoms with van der Waals surface area (Å²) in [6, 6.07) is 13.5. The molecule has 0 aliphatic carbocycles. The second-order valence-electron chi connectivity index (χ2n) is 6.05. The van der Waals surface area contributed by atoms with E-state index in [0.717, 1.165) is 0 Å². The van der Waals surface area contributed by atoms with Crippen molar-refractivity contribution in [3.63, 3.8) is 0 Å². The molecule has 3 N–H and O–H groups in total. The van der Waals surface area contributed by atoms with Crippen LogP contribution in [0.25, 0.3) is 0 Å². The summed E-state index contributed by atoms with van der Waals surface area (Å²) in [5.41, 5.74) is 1.19. The number of anilines is 2. The van der Waals surface area contributed by atoms with Crippen molar-refractivity contribution in [3.8, 4) is 11.6 Å². The van der Waals surface area contributed by atoms with Gasteiger partial charge in [-0.2, -0.15) is 0 Å². The number of urea groups is 1. The number of carbonyl (C=O) groups is 2. The molecule has 7 nitrogen and oxygen atoms in total. The highest BCUT2D eigenvalue weighted by molar-refractivity contribution is 9.10. The van der Waals surface area contributed by atoms with Crippen LogP contribution in [0.1, 0.15) is 17.3 Å². The van der Waals surface area contributed by atoms with Crippen molar-refractivity contribution in [1.29, 1.82) is 0 Å². The zero-order valence-corrected chi connectivity index (χ0v) is 17.5. The Kier molecular flexibility index (Phi) is 6.97. The van der Waals surface area contributed by atoms with Crippen LogP contribution >= 0.6 is 15.9 Å². The molecule has 0 bridgehead atoms. The first-order valence-corrected chi connectivity index (χ1v) is 9.79. The van der Waals surface area contributed by atoms with Crippen LogP contribution in [-0.4, -0.2) is 23.5 Å². The molecule has 0 saturated carbocycles. The first-order valence-electron chi connectivity index (χ1n) is 9.00. The third-order valence-electron chi connectivity index (χ3n) is 3.83. The third-order valence-corrected chi connectivity index (χ3v) is 4.45. The van der Waals surface area contributed by atoms with Gasteiger partial charge in [0.15, 0.2) is 0 Å². The fraction of sp³-hybridized carbons (Fsp3) is 0.0952. The van der Waals surface area contributed by atoms with Gasteiger partial charge in [0.1, 0.15) is 17.1 Å². The predicted molar refractivity (Wildman–Crippen MR) is 116 cm³/mol. The van der Waals surface area contributed by atoms with E-state index in [1.165, 1.54) is 24.4 Å². The summed E-state index contributed by atoms with van der Waals surface area (Å²) in [5, 5.41) is 8.06. The molecule has 0 atom stereocenters. The third kappa shape index (κ3) is 5.54. The van der Waals surface area contributed by atoms with Gasteiger partial charge in [-0.25, -0.2) is 14.2 Å². The Labute approximate surface area is 180 Å². The van der Waals surface area contributed by atoms with Gasteiger partial charge in [-0.15, -0.1) is 0 Å². The molecule has 3 rings (SSSR count). The summed E-state index contributed by atoms with van der Waals surface area (Å²) in [4.78, 5) is 28.6. The number of hydrogen-bond donors (Lipinski definition) is 3. The van der Waals surface area contributed by atoms with Crippen molar-refractivity contribution in [2.24, 2.45) is 0 Å². The summed E-state index contributed by atoms with van der Waals surface area (Å²) in [6.45, 7) is 2.31. The quantitative estimate of drug-likeness (QED) is 0.461. The van der Waals surface area contributed by atoms with Gasteiger partial charge in [-0.05, 0) is 71.4 Å². The van der Waals surface area contributed by atoms with Crippen molar-refractivity contribution >= 4 is 39.2 Å². The van der Waals surface area contributed by atoms with Crippen molar-refractivity contribution in [1.82, 2.24) is 10.3 Å². The minimum Gasteiger partial charge on any atom is -0.437 e. The fourth-order valence-electron chi connectivity index (χ4n) is 2.52. The van der Waals surface area contributed by atoms with E-state index in [4.69, 9.17) is 4.74 Å². The van der Waals surface area contributed by atoms with Crippen molar-refractivity contribution in [3.05, 3.63) is 76.6 Å². The van der Waals surface area contributed by atoms with E-state index in [1.807, 2.05) is 6.92 Å². The van der Waals surface area contributed by atoms with Gasteiger partial charge in [-0.1, -0.05) is 6.07 Å². The second kappa shape index (κ2) is 9.84. The number of carbonyl (C=O) groups excluding carboxylic acids is 2. The molecule has 0 aliphatic heterocycles. The molecule has 30 heavy (non-hydrogen) atoms. The number of ether oxygens (including phenoxy) is 1. The summed E-state index contributed by atoms with van der Waals surface area (Å²) in [7, 11) is 0. The molecule has 1 heterocycles. The summed E-state index contributed by atoms with van der Waals surface area (Å²) >= 11 is 3.23. The maximum atomic E-state index is 13.3. The minimum absolute atomic E-state index is 0.0684. The highest BCUT2D eigenvalue weighted by atomic mass is 79.9. The van der Waals surface area contributed by atoms with Crippen LogP contribution in [-0.2, 0) is 0 Å². The highest BCUT2D eigenvalue weighted by Crippen LogP contribution is 2.31. The van der Waals surface area contributed by atoms with Crippen LogP contribution in [0.3, 0.4) is 0 Å². The first kappa shape index (κ1) is 21.3. The lowest BCUT2D eigenvalue weighted by molar-refractivity contribution is 0.102. The zero-order valence-electron chi connectivity index (χ0n) is 15.9. The molecule has 0 radical (unpaired) electrons. The molecule has 2 aromatic carbocycles. The Balaban J connectivity index is 1.77. The number of halogens is 2. The van der Waals surface area contributed by atoms with Crippen molar-refractivity contribution < 1.29 is 18.7 Å². The normalized spacial score (nSPS) is 10.2. The molecule has 0 aliphatic rings. The molecule has 9 heteroatoms. The zero-order chi connectivity index (χ0) is 21.5. The predicted octanol–water partition coefficient (Wildman–Crippen LogP) is 5.17. The number of benzene rings is 2. The van der Waals surface area contributed by atoms with Gasteiger partial charge in [0.05, 0.1) is 4.47 Å². The standard InChI is InChI=1S/C21H18BrFN4O3/c1-2-24-21(29)27-15-6-3-5-14(12-15)26-19(28)16-7-4-10-25-20(16)30-18-9-8-13(23)11-17(18)22/h3-12H,2H2,1H3,(H,26,28)(H2,24,27,29). The number of nitrogens with one attached hydrogen (secondary N) is 3. The maximum Gasteiger partial charge on any atom is 0.319 e. The molecular formula is C21H18BrFN4O3. The van der Waals surface area contributed by atoms with Crippen molar-refractivity contribution in [2.75, 3.05) is 17.2 Å². The van der Waals surface area contributed by atoms with Crippen LogP contribution < -0.4 is 20.7 Å². The van der Waals surface area contributed by atoms with Gasteiger partial charge in [-0.3, -0.25) is 4.79 Å². The lowest BCUT2D eigenvalue weighted by Gasteiger charge is -2.12. The summed E-state index contributed by atoms with van der Waals surface area (Å²) in [6.07, 6.45) is 1.49. The molecule has 0 saturated heterocycles. The molecule has 0 fully saturated rings. The van der Waals surface area contributed by atoms with Crippen LogP contribution in [0.4, 0.5) is 20.6 Å². The molecule has 3 aromatic rings. The Morgan fingerprint density at radius 2 is 1.83 bits per heavy atom. The fourth-order valence-corrected chi connectivity index (χ4v) is 2.95. The van der Waals surface area contributed by atoms with Crippen LogP contribution in [0.5, 0.6) is 11.6 Å². The minimum atomic E-state index is -0.452. The highest BCUT2D eigenvalue weighted by Gasteiger charge is 2.16. The lowest BCUT2D eigenvalue weighted by atomic mass is 10.2. The Morgan fingerprint density at radius 1 is 1.07 bits per heavy atom. The number of rotatable bonds is 6. The summed E-state index contributed by atoms with van der Waals surface area (Å²) in [5.74, 6) is -0.489. The van der Waals surface area contributed by atoms with Gasteiger partial charge in [0.2, 0.25) is 5.88 Å². The Morgan fingerprint density at radius 3 is 2.57 bits per heavy atom. The lowest BCUT2D eigenvalue weighted by Crippen LogP contribution is -2.28. The second-order valence-corrected chi connectivity index (χ2v) is 6.91. The number of nitrogens with zero attached hydrogens (tertiary/aromatic N) is 1. The van der Waals surface area contributed by atoms with E-state index < -0.39 is 11.7 Å². The average Bonchev–Trinajstić information content (AvgIpc) is 2.71. The summed E-state index contributed by atoms with van der Waals surface area (Å²) < 4.78 is 19.4. The first-order chi connectivity index (χ1) is 14.5. The number of hydrogen-bond acceptors (Lipinski definition) is 4. The SMILES string of the molecule is CCNC(=O)Nc1cccc(NC(=O)c2cccnc2Oc2ccc(F)cc2Br)c1. The number of amides is 3. The Hall–Kier alpha value is -3.46. The number of pyridine rings is 1. The molecule has 0 spiro atoms. The van der Waals surface area contributed by atoms with E-state index in [2.05, 4.69) is 36.9 Å². The van der Waals surface area contributed by atoms with E-state index in [9.17, 15) is 14.0 Å². The molecule has 0 unspecified atom stereocenters. The van der Waals surface area contributed by atoms with Gasteiger partial charge in [0, 0.05) is 24.1 Å². The van der Waals surface area contributed by atoms with Gasteiger partial charge in [0.25, 0.3) is 5.91 Å². The average molecular weight is 473 g/mol. The van der Waals surface area contributed by atoms with Crippen LogP contribution in [0.15, 0.2) is 65.3 Å². The van der Waals surface area contributed by atoms with E-state index >= 15 is 0 Å². The monoisotopic (exact) mass is 472 g/mol. The molecule has 3 amide bonds. The Bertz CT molecular complexity index is 1080. The van der Waals surface area contributed by atoms with Crippen molar-refractivity contribution in [2.45, 2.75) is 6.92 Å². The largest absolute Gasteiger partial charge is 0.437 e. The van der Waals surface area contributed by atoms with E-state index in [1.54, 1.807) is 36.4 Å². The van der Waals surface area contributed by atoms with E-state index in [0.29, 0.717) is 28.1 Å². The van der Waals surface area contributed by atoms with Gasteiger partial charge < -0.3 is 20.7 Å². The molecule has 1 aromatic heterocycles. The van der Waals surface area contributed by atoms with Crippen LogP contribution in [0.2, 0.25) is 0 Å².